The van der Waals surface area contributed by atoms with E-state index in [9.17, 15) is 14.4 Å². The molecular weight excluding hydrogens is 414 g/mol. The molecule has 0 radical (unpaired) electrons. The van der Waals surface area contributed by atoms with Gasteiger partial charge in [0.15, 0.2) is 0 Å². The van der Waals surface area contributed by atoms with Crippen LogP contribution in [0.3, 0.4) is 0 Å². The maximum atomic E-state index is 12.9. The van der Waals surface area contributed by atoms with Crippen LogP contribution in [0.1, 0.15) is 46.1 Å². The molecule has 1 aromatic rings. The van der Waals surface area contributed by atoms with Gasteiger partial charge in [0.05, 0.1) is 0 Å². The molecule has 1 heterocycles. The lowest BCUT2D eigenvalue weighted by atomic mass is 9.90. The summed E-state index contributed by atoms with van der Waals surface area (Å²) in [5.41, 5.74) is 4.12. The van der Waals surface area contributed by atoms with Crippen molar-refractivity contribution in [2.45, 2.75) is 57.7 Å². The quantitative estimate of drug-likeness (QED) is 0.752. The Balaban J connectivity index is 2.20. The fourth-order valence-electron chi connectivity index (χ4n) is 2.97. The first-order valence-electron chi connectivity index (χ1n) is 8.81. The van der Waals surface area contributed by atoms with Gasteiger partial charge in [-0.25, -0.2) is 4.79 Å². The lowest BCUT2D eigenvalue weighted by molar-refractivity contribution is -0.133. The standard InChI is InChI=1S/C19H26BrN3O4/c1-18(2,3)27-17(26)23-11-5-6-14(23)15(24)22-19(4,16(21)25)12-7-9-13(20)10-8-12/h7-10,14H,5-6,11H2,1-4H3,(H2,21,25)(H,22,24)/t14-,19?/m0/s1. The summed E-state index contributed by atoms with van der Waals surface area (Å²) >= 11 is 3.34. The summed E-state index contributed by atoms with van der Waals surface area (Å²) in [5, 5.41) is 2.74. The number of hydrogen-bond donors (Lipinski definition) is 2. The van der Waals surface area contributed by atoms with Gasteiger partial charge in [0.1, 0.15) is 17.2 Å². The van der Waals surface area contributed by atoms with Crippen LogP contribution in [0.4, 0.5) is 4.79 Å². The van der Waals surface area contributed by atoms with E-state index in [0.717, 1.165) is 4.47 Å². The molecule has 7 nitrogen and oxygen atoms in total. The van der Waals surface area contributed by atoms with Gasteiger partial charge < -0.3 is 15.8 Å². The van der Waals surface area contributed by atoms with Gasteiger partial charge in [0.2, 0.25) is 11.8 Å². The molecule has 0 aliphatic carbocycles. The van der Waals surface area contributed by atoms with Gasteiger partial charge in [0.25, 0.3) is 0 Å². The maximum absolute atomic E-state index is 12.9. The number of nitrogens with one attached hydrogen (secondary N) is 1. The molecule has 2 rings (SSSR count). The Kier molecular flexibility index (Phi) is 6.19. The summed E-state index contributed by atoms with van der Waals surface area (Å²) in [6, 6.07) is 6.27. The van der Waals surface area contributed by atoms with E-state index in [1.807, 2.05) is 0 Å². The predicted molar refractivity (Wildman–Crippen MR) is 105 cm³/mol. The molecule has 1 aliphatic rings. The van der Waals surface area contributed by atoms with Crippen molar-refractivity contribution in [2.75, 3.05) is 6.54 Å². The zero-order valence-corrected chi connectivity index (χ0v) is 17.6. The first-order valence-corrected chi connectivity index (χ1v) is 9.61. The third-order valence-corrected chi connectivity index (χ3v) is 5.00. The molecule has 8 heteroatoms. The number of primary amides is 1. The molecule has 148 valence electrons. The number of carbonyl (C=O) groups is 3. The number of amides is 3. The number of carbonyl (C=O) groups excluding carboxylic acids is 3. The second kappa shape index (κ2) is 7.88. The Hall–Kier alpha value is -2.09. The minimum atomic E-state index is -1.39. The van der Waals surface area contributed by atoms with Crippen LogP contribution in [0.25, 0.3) is 0 Å². The molecule has 0 aromatic heterocycles. The fourth-order valence-corrected chi connectivity index (χ4v) is 3.23. The number of ether oxygens (including phenoxy) is 1. The first-order chi connectivity index (χ1) is 12.4. The summed E-state index contributed by atoms with van der Waals surface area (Å²) in [5.74, 6) is -1.11. The average Bonchev–Trinajstić information content (AvgIpc) is 3.03. The van der Waals surface area contributed by atoms with Gasteiger partial charge >= 0.3 is 6.09 Å². The highest BCUT2D eigenvalue weighted by atomic mass is 79.9. The number of benzene rings is 1. The molecule has 0 spiro atoms. The molecular formula is C19H26BrN3O4. The van der Waals surface area contributed by atoms with E-state index in [1.165, 1.54) is 4.90 Å². The van der Waals surface area contributed by atoms with E-state index in [0.29, 0.717) is 24.9 Å². The second-order valence-corrected chi connectivity index (χ2v) is 8.73. The first kappa shape index (κ1) is 21.2. The maximum Gasteiger partial charge on any atom is 0.410 e. The zero-order valence-electron chi connectivity index (χ0n) is 16.0. The minimum Gasteiger partial charge on any atom is -0.444 e. The van der Waals surface area contributed by atoms with Crippen LogP contribution >= 0.6 is 15.9 Å². The lowest BCUT2D eigenvalue weighted by Crippen LogP contribution is -2.57. The molecule has 1 aromatic carbocycles. The van der Waals surface area contributed by atoms with Gasteiger partial charge in [-0.05, 0) is 58.2 Å². The summed E-state index contributed by atoms with van der Waals surface area (Å²) in [7, 11) is 0. The van der Waals surface area contributed by atoms with Crippen molar-refractivity contribution in [3.63, 3.8) is 0 Å². The summed E-state index contributed by atoms with van der Waals surface area (Å²) in [6.45, 7) is 7.30. The predicted octanol–water partition coefficient (Wildman–Crippen LogP) is 2.67. The summed E-state index contributed by atoms with van der Waals surface area (Å²) in [4.78, 5) is 38.9. The zero-order chi connectivity index (χ0) is 20.4. The minimum absolute atomic E-state index is 0.428. The number of hydrogen-bond acceptors (Lipinski definition) is 4. The summed E-state index contributed by atoms with van der Waals surface area (Å²) < 4.78 is 6.23. The third-order valence-electron chi connectivity index (χ3n) is 4.47. The Morgan fingerprint density at radius 3 is 2.30 bits per heavy atom. The molecule has 1 aliphatic heterocycles. The molecule has 1 fully saturated rings. The average molecular weight is 440 g/mol. The molecule has 27 heavy (non-hydrogen) atoms. The smallest absolute Gasteiger partial charge is 0.410 e. The van der Waals surface area contributed by atoms with Gasteiger partial charge in [-0.2, -0.15) is 0 Å². The van der Waals surface area contributed by atoms with E-state index in [2.05, 4.69) is 21.2 Å². The van der Waals surface area contributed by atoms with E-state index in [-0.39, 0.29) is 0 Å². The van der Waals surface area contributed by atoms with Crippen molar-refractivity contribution in [1.82, 2.24) is 10.2 Å². The number of halogens is 1. The molecule has 3 N–H and O–H groups in total. The van der Waals surface area contributed by atoms with Crippen molar-refractivity contribution in [3.8, 4) is 0 Å². The van der Waals surface area contributed by atoms with Crippen molar-refractivity contribution < 1.29 is 19.1 Å². The Bertz CT molecular complexity index is 729. The Morgan fingerprint density at radius 1 is 1.19 bits per heavy atom. The van der Waals surface area contributed by atoms with Crippen LogP contribution in [-0.2, 0) is 19.9 Å². The number of rotatable bonds is 4. The second-order valence-electron chi connectivity index (χ2n) is 7.82. The van der Waals surface area contributed by atoms with Gasteiger partial charge in [0, 0.05) is 11.0 Å². The van der Waals surface area contributed by atoms with Crippen LogP contribution in [0.5, 0.6) is 0 Å². The van der Waals surface area contributed by atoms with Gasteiger partial charge in [-0.15, -0.1) is 0 Å². The van der Waals surface area contributed by atoms with Crippen molar-refractivity contribution in [1.29, 1.82) is 0 Å². The highest BCUT2D eigenvalue weighted by Gasteiger charge is 2.41. The van der Waals surface area contributed by atoms with E-state index >= 15 is 0 Å². The number of nitrogens with zero attached hydrogens (tertiary/aromatic N) is 1. The van der Waals surface area contributed by atoms with E-state index < -0.39 is 35.1 Å². The van der Waals surface area contributed by atoms with E-state index in [1.54, 1.807) is 52.0 Å². The molecule has 0 saturated carbocycles. The number of nitrogens with two attached hydrogens (primary N) is 1. The van der Waals surface area contributed by atoms with Crippen LogP contribution in [0.2, 0.25) is 0 Å². The topological polar surface area (TPSA) is 102 Å². The molecule has 2 atom stereocenters. The fraction of sp³-hybridized carbons (Fsp3) is 0.526. The Labute approximate surface area is 167 Å². The van der Waals surface area contributed by atoms with Crippen LogP contribution in [-0.4, -0.2) is 41.0 Å². The SMILES string of the molecule is CC(C)(C)OC(=O)N1CCC[C@H]1C(=O)NC(C)(C(N)=O)c1ccc(Br)cc1. The molecule has 0 bridgehead atoms. The van der Waals surface area contributed by atoms with Crippen molar-refractivity contribution >= 4 is 33.8 Å². The van der Waals surface area contributed by atoms with Crippen molar-refractivity contribution in [3.05, 3.63) is 34.3 Å². The third kappa shape index (κ3) is 5.00. The monoisotopic (exact) mass is 439 g/mol. The number of likely N-dealkylation sites (tertiary alicyclic amines) is 1. The Morgan fingerprint density at radius 2 is 1.78 bits per heavy atom. The highest BCUT2D eigenvalue weighted by molar-refractivity contribution is 9.10. The van der Waals surface area contributed by atoms with Crippen LogP contribution < -0.4 is 11.1 Å². The van der Waals surface area contributed by atoms with Crippen LogP contribution in [0.15, 0.2) is 28.7 Å². The molecule has 1 saturated heterocycles. The normalized spacial score (nSPS) is 19.3. The largest absolute Gasteiger partial charge is 0.444 e. The van der Waals surface area contributed by atoms with Crippen molar-refractivity contribution in [2.24, 2.45) is 5.73 Å². The van der Waals surface area contributed by atoms with Gasteiger partial charge in [-0.1, -0.05) is 28.1 Å². The highest BCUT2D eigenvalue weighted by Crippen LogP contribution is 2.26. The van der Waals surface area contributed by atoms with E-state index in [4.69, 9.17) is 10.5 Å². The van der Waals surface area contributed by atoms with Crippen LogP contribution in [0, 0.1) is 0 Å². The van der Waals surface area contributed by atoms with Gasteiger partial charge in [-0.3, -0.25) is 14.5 Å². The molecule has 3 amide bonds. The lowest BCUT2D eigenvalue weighted by Gasteiger charge is -2.32. The summed E-state index contributed by atoms with van der Waals surface area (Å²) in [6.07, 6.45) is 0.646. The molecule has 1 unspecified atom stereocenters.